The van der Waals surface area contributed by atoms with Gasteiger partial charge in [0, 0.05) is 32.2 Å². The van der Waals surface area contributed by atoms with Gasteiger partial charge < -0.3 is 15.0 Å². The van der Waals surface area contributed by atoms with Crippen LogP contribution in [0.4, 0.5) is 5.69 Å². The van der Waals surface area contributed by atoms with Crippen LogP contribution in [0.15, 0.2) is 42.5 Å². The Morgan fingerprint density at radius 3 is 2.89 bits per heavy atom. The molecule has 2 aromatic rings. The third-order valence-electron chi connectivity index (χ3n) is 5.51. The third-order valence-corrected chi connectivity index (χ3v) is 5.51. The van der Waals surface area contributed by atoms with E-state index in [1.807, 2.05) is 18.2 Å². The van der Waals surface area contributed by atoms with Crippen LogP contribution >= 0.6 is 0 Å². The molecule has 5 heteroatoms. The van der Waals surface area contributed by atoms with Crippen molar-refractivity contribution in [1.82, 2.24) is 5.32 Å². The van der Waals surface area contributed by atoms with E-state index in [0.717, 1.165) is 30.5 Å². The number of hydrogen-bond acceptors (Lipinski definition) is 4. The number of amides is 1. The van der Waals surface area contributed by atoms with E-state index in [1.165, 1.54) is 11.3 Å². The second kappa shape index (κ2) is 6.72. The number of benzene rings is 2. The molecule has 27 heavy (non-hydrogen) atoms. The summed E-state index contributed by atoms with van der Waals surface area (Å²) in [7, 11) is 2.11. The Hall–Kier alpha value is -2.82. The number of carbonyl (C=O) groups is 2. The topological polar surface area (TPSA) is 58.6 Å². The van der Waals surface area contributed by atoms with Crippen molar-refractivity contribution in [3.63, 3.8) is 0 Å². The van der Waals surface area contributed by atoms with Crippen molar-refractivity contribution in [3.8, 4) is 0 Å². The Kier molecular flexibility index (Phi) is 4.38. The van der Waals surface area contributed by atoms with E-state index in [2.05, 4.69) is 29.4 Å². The van der Waals surface area contributed by atoms with Crippen LogP contribution in [0.2, 0.25) is 0 Å². The van der Waals surface area contributed by atoms with E-state index in [1.54, 1.807) is 19.1 Å². The van der Waals surface area contributed by atoms with Crippen LogP contribution in [0.1, 0.15) is 40.4 Å². The lowest BCUT2D eigenvalue weighted by molar-refractivity contribution is -0.139. The molecule has 0 fully saturated rings. The van der Waals surface area contributed by atoms with Crippen LogP contribution in [0.5, 0.6) is 0 Å². The molecule has 0 saturated heterocycles. The van der Waals surface area contributed by atoms with Crippen LogP contribution in [0.3, 0.4) is 0 Å². The van der Waals surface area contributed by atoms with Gasteiger partial charge in [-0.2, -0.15) is 0 Å². The largest absolute Gasteiger partial charge is 0.445 e. The lowest BCUT2D eigenvalue weighted by Gasteiger charge is -2.33. The maximum absolute atomic E-state index is 12.8. The van der Waals surface area contributed by atoms with Crippen molar-refractivity contribution in [2.75, 3.05) is 18.5 Å². The highest BCUT2D eigenvalue weighted by molar-refractivity contribution is 5.97. The SMILES string of the molecule is CN1CCCc2cc(CNC(=O)C3(C)Cc4ccccc4C(=O)O3)ccc21. The fourth-order valence-electron chi connectivity index (χ4n) is 3.98. The van der Waals surface area contributed by atoms with Crippen molar-refractivity contribution >= 4 is 17.6 Å². The molecule has 1 atom stereocenters. The number of esters is 1. The second-order valence-electron chi connectivity index (χ2n) is 7.63. The van der Waals surface area contributed by atoms with E-state index >= 15 is 0 Å². The van der Waals surface area contributed by atoms with E-state index < -0.39 is 11.6 Å². The number of ether oxygens (including phenoxy) is 1. The van der Waals surface area contributed by atoms with Gasteiger partial charge in [0.25, 0.3) is 5.91 Å². The Balaban J connectivity index is 1.46. The molecular weight excluding hydrogens is 340 g/mol. The lowest BCUT2D eigenvalue weighted by Crippen LogP contribution is -2.51. The Morgan fingerprint density at radius 2 is 2.04 bits per heavy atom. The predicted molar refractivity (Wildman–Crippen MR) is 104 cm³/mol. The van der Waals surface area contributed by atoms with Gasteiger partial charge in [-0.05, 0) is 48.6 Å². The number of nitrogens with zero attached hydrogens (tertiary/aromatic N) is 1. The van der Waals surface area contributed by atoms with Crippen LogP contribution in [-0.4, -0.2) is 31.1 Å². The van der Waals surface area contributed by atoms with E-state index in [4.69, 9.17) is 4.74 Å². The summed E-state index contributed by atoms with van der Waals surface area (Å²) in [5.41, 5.74) is 3.86. The summed E-state index contributed by atoms with van der Waals surface area (Å²) in [5.74, 6) is -0.702. The summed E-state index contributed by atoms with van der Waals surface area (Å²) < 4.78 is 5.50. The highest BCUT2D eigenvalue weighted by Gasteiger charge is 2.42. The number of cyclic esters (lactones) is 1. The zero-order valence-corrected chi connectivity index (χ0v) is 15.7. The molecule has 0 spiro atoms. The average Bonchev–Trinajstić information content (AvgIpc) is 2.66. The minimum absolute atomic E-state index is 0.264. The van der Waals surface area contributed by atoms with Crippen molar-refractivity contribution in [3.05, 3.63) is 64.7 Å². The highest BCUT2D eigenvalue weighted by Crippen LogP contribution is 2.29. The quantitative estimate of drug-likeness (QED) is 0.851. The van der Waals surface area contributed by atoms with Gasteiger partial charge in [0.15, 0.2) is 5.60 Å². The predicted octanol–water partition coefficient (Wildman–Crippen LogP) is 2.86. The first kappa shape index (κ1) is 17.6. The first-order valence-corrected chi connectivity index (χ1v) is 9.39. The van der Waals surface area contributed by atoms with Gasteiger partial charge in [-0.3, -0.25) is 4.79 Å². The summed E-state index contributed by atoms with van der Waals surface area (Å²) in [6.07, 6.45) is 2.59. The number of anilines is 1. The maximum atomic E-state index is 12.8. The zero-order valence-electron chi connectivity index (χ0n) is 15.7. The van der Waals surface area contributed by atoms with Crippen LogP contribution in [0, 0.1) is 0 Å². The van der Waals surface area contributed by atoms with Gasteiger partial charge in [0.1, 0.15) is 0 Å². The number of carbonyl (C=O) groups excluding carboxylic acids is 2. The molecule has 0 aromatic heterocycles. The maximum Gasteiger partial charge on any atom is 0.339 e. The zero-order chi connectivity index (χ0) is 19.0. The van der Waals surface area contributed by atoms with Crippen molar-refractivity contribution in [2.45, 2.75) is 38.3 Å². The van der Waals surface area contributed by atoms with E-state index in [0.29, 0.717) is 18.5 Å². The van der Waals surface area contributed by atoms with Gasteiger partial charge >= 0.3 is 5.97 Å². The molecule has 4 rings (SSSR count). The molecule has 0 aliphatic carbocycles. The van der Waals surface area contributed by atoms with E-state index in [9.17, 15) is 9.59 Å². The number of rotatable bonds is 3. The molecule has 1 N–H and O–H groups in total. The number of nitrogens with one attached hydrogen (secondary N) is 1. The second-order valence-corrected chi connectivity index (χ2v) is 7.63. The van der Waals surface area contributed by atoms with Crippen molar-refractivity contribution < 1.29 is 14.3 Å². The molecule has 2 aliphatic rings. The van der Waals surface area contributed by atoms with E-state index in [-0.39, 0.29) is 5.91 Å². The summed E-state index contributed by atoms with van der Waals surface area (Å²) in [6.45, 7) is 3.18. The van der Waals surface area contributed by atoms with Crippen molar-refractivity contribution in [1.29, 1.82) is 0 Å². The molecule has 140 valence electrons. The van der Waals surface area contributed by atoms with Crippen LogP contribution in [0.25, 0.3) is 0 Å². The molecule has 1 amide bonds. The molecule has 1 unspecified atom stereocenters. The van der Waals surface area contributed by atoms with Gasteiger partial charge in [-0.15, -0.1) is 0 Å². The fourth-order valence-corrected chi connectivity index (χ4v) is 3.98. The molecule has 0 bridgehead atoms. The van der Waals surface area contributed by atoms with Crippen LogP contribution < -0.4 is 10.2 Å². The van der Waals surface area contributed by atoms with Gasteiger partial charge in [-0.25, -0.2) is 4.79 Å². The van der Waals surface area contributed by atoms with Gasteiger partial charge in [0.05, 0.1) is 5.56 Å². The summed E-state index contributed by atoms with van der Waals surface area (Å²) in [6, 6.07) is 13.6. The molecule has 0 radical (unpaired) electrons. The van der Waals surface area contributed by atoms with Crippen molar-refractivity contribution in [2.24, 2.45) is 0 Å². The lowest BCUT2D eigenvalue weighted by atomic mass is 9.89. The number of fused-ring (bicyclic) bond motifs is 2. The van der Waals surface area contributed by atoms with Gasteiger partial charge in [0.2, 0.25) is 0 Å². The summed E-state index contributed by atoms with van der Waals surface area (Å²) >= 11 is 0. The number of aryl methyl sites for hydroxylation is 1. The Labute approximate surface area is 159 Å². The molecule has 0 saturated carbocycles. The first-order valence-electron chi connectivity index (χ1n) is 9.39. The Bertz CT molecular complexity index is 908. The third kappa shape index (κ3) is 3.29. The number of hydrogen-bond donors (Lipinski definition) is 1. The summed E-state index contributed by atoms with van der Waals surface area (Å²) in [5, 5.41) is 2.95. The van der Waals surface area contributed by atoms with Crippen LogP contribution in [-0.2, 0) is 28.9 Å². The Morgan fingerprint density at radius 1 is 1.22 bits per heavy atom. The fraction of sp³-hybridized carbons (Fsp3) is 0.364. The normalized spacial score (nSPS) is 21.1. The van der Waals surface area contributed by atoms with Gasteiger partial charge in [-0.1, -0.05) is 30.3 Å². The molecule has 2 aromatic carbocycles. The standard InChI is InChI=1S/C22H24N2O3/c1-22(13-17-6-3-4-8-18(17)20(25)27-22)21(26)23-14-15-9-10-19-16(12-15)7-5-11-24(19)2/h3-4,6,8-10,12H,5,7,11,13-14H2,1-2H3,(H,23,26). The minimum atomic E-state index is -1.18. The molecule has 2 heterocycles. The molecular formula is C22H24N2O3. The molecule has 5 nitrogen and oxygen atoms in total. The summed E-state index contributed by atoms with van der Waals surface area (Å²) in [4.78, 5) is 27.3. The highest BCUT2D eigenvalue weighted by atomic mass is 16.6. The monoisotopic (exact) mass is 364 g/mol. The molecule has 2 aliphatic heterocycles. The first-order chi connectivity index (χ1) is 13.0. The minimum Gasteiger partial charge on any atom is -0.445 e. The smallest absolute Gasteiger partial charge is 0.339 e. The average molecular weight is 364 g/mol.